The van der Waals surface area contributed by atoms with Crippen LogP contribution in [0.1, 0.15) is 17.3 Å². The van der Waals surface area contributed by atoms with E-state index in [0.717, 1.165) is 0 Å². The molecule has 0 saturated heterocycles. The molecule has 134 valence electrons. The van der Waals surface area contributed by atoms with Gasteiger partial charge in [0.15, 0.2) is 0 Å². The molecule has 8 heteroatoms. The quantitative estimate of drug-likeness (QED) is 0.771. The van der Waals surface area contributed by atoms with Crippen LogP contribution in [0.15, 0.2) is 53.4 Å². The van der Waals surface area contributed by atoms with Crippen LogP contribution in [0.25, 0.3) is 0 Å². The second-order valence-electron chi connectivity index (χ2n) is 5.46. The minimum absolute atomic E-state index is 0.111. The normalized spacial score (nSPS) is 12.6. The summed E-state index contributed by atoms with van der Waals surface area (Å²) in [5.41, 5.74) is 0.944. The molecule has 0 aliphatic rings. The average Bonchev–Trinajstić information content (AvgIpc) is 2.55. The Kier molecular flexibility index (Phi) is 6.55. The second kappa shape index (κ2) is 8.44. The maximum atomic E-state index is 12.2. The van der Waals surface area contributed by atoms with Gasteiger partial charge < -0.3 is 10.1 Å². The van der Waals surface area contributed by atoms with Crippen molar-refractivity contribution in [3.63, 3.8) is 0 Å². The van der Waals surface area contributed by atoms with Gasteiger partial charge in [-0.1, -0.05) is 11.6 Å². The molecular weight excluding hydrogens is 364 g/mol. The van der Waals surface area contributed by atoms with E-state index < -0.39 is 10.0 Å². The predicted octanol–water partition coefficient (Wildman–Crippen LogP) is 2.91. The Morgan fingerprint density at radius 2 is 1.72 bits per heavy atom. The van der Waals surface area contributed by atoms with E-state index in [2.05, 4.69) is 10.0 Å². The summed E-state index contributed by atoms with van der Waals surface area (Å²) in [6, 6.07) is 12.0. The van der Waals surface area contributed by atoms with Crippen LogP contribution in [-0.4, -0.2) is 34.1 Å². The van der Waals surface area contributed by atoms with Gasteiger partial charge in [0.1, 0.15) is 0 Å². The standard InChI is InChI=1S/C17H19ClN2O4S/c1-12(11-24-2)20-25(22,23)16-9-7-15(8-10-16)19-17(21)13-3-5-14(18)6-4-13/h3-10,12,20H,11H2,1-2H3,(H,19,21). The summed E-state index contributed by atoms with van der Waals surface area (Å²) in [6.45, 7) is 1.98. The molecule has 1 atom stereocenters. The number of methoxy groups -OCH3 is 1. The van der Waals surface area contributed by atoms with Gasteiger partial charge in [-0.2, -0.15) is 0 Å². The van der Waals surface area contributed by atoms with Gasteiger partial charge in [-0.25, -0.2) is 13.1 Å². The van der Waals surface area contributed by atoms with Crippen molar-refractivity contribution < 1.29 is 17.9 Å². The molecule has 0 spiro atoms. The second-order valence-corrected chi connectivity index (χ2v) is 7.61. The third-order valence-corrected chi connectivity index (χ3v) is 5.16. The van der Waals surface area contributed by atoms with Crippen LogP contribution in [0, 0.1) is 0 Å². The molecule has 0 aromatic heterocycles. The zero-order valence-electron chi connectivity index (χ0n) is 13.8. The molecule has 0 bridgehead atoms. The van der Waals surface area contributed by atoms with Crippen molar-refractivity contribution in [2.45, 2.75) is 17.9 Å². The Hall–Kier alpha value is -1.93. The van der Waals surface area contributed by atoms with Crippen LogP contribution in [0.4, 0.5) is 5.69 Å². The molecule has 0 radical (unpaired) electrons. The van der Waals surface area contributed by atoms with Gasteiger partial charge >= 0.3 is 0 Å². The fraction of sp³-hybridized carbons (Fsp3) is 0.235. The molecule has 0 heterocycles. The Morgan fingerprint density at radius 1 is 1.12 bits per heavy atom. The summed E-state index contributed by atoms with van der Waals surface area (Å²) in [5, 5.41) is 3.24. The topological polar surface area (TPSA) is 84.5 Å². The van der Waals surface area contributed by atoms with Crippen LogP contribution in [0.2, 0.25) is 5.02 Å². The van der Waals surface area contributed by atoms with Crippen molar-refractivity contribution in [2.75, 3.05) is 19.0 Å². The van der Waals surface area contributed by atoms with Crippen molar-refractivity contribution in [2.24, 2.45) is 0 Å². The highest BCUT2D eigenvalue weighted by atomic mass is 35.5. The SMILES string of the molecule is COCC(C)NS(=O)(=O)c1ccc(NC(=O)c2ccc(Cl)cc2)cc1. The molecule has 0 saturated carbocycles. The zero-order valence-corrected chi connectivity index (χ0v) is 15.4. The van der Waals surface area contributed by atoms with E-state index in [1.807, 2.05) is 0 Å². The van der Waals surface area contributed by atoms with Crippen LogP contribution in [0.3, 0.4) is 0 Å². The van der Waals surface area contributed by atoms with Gasteiger partial charge in [0.25, 0.3) is 5.91 Å². The average molecular weight is 383 g/mol. The summed E-state index contributed by atoms with van der Waals surface area (Å²) in [5.74, 6) is -0.306. The Morgan fingerprint density at radius 3 is 2.28 bits per heavy atom. The largest absolute Gasteiger partial charge is 0.383 e. The predicted molar refractivity (Wildman–Crippen MR) is 97.5 cm³/mol. The zero-order chi connectivity index (χ0) is 18.4. The number of ether oxygens (including phenoxy) is 1. The molecule has 6 nitrogen and oxygen atoms in total. The number of amides is 1. The summed E-state index contributed by atoms with van der Waals surface area (Å²) < 4.78 is 31.9. The van der Waals surface area contributed by atoms with E-state index in [1.165, 1.54) is 31.4 Å². The maximum absolute atomic E-state index is 12.2. The fourth-order valence-corrected chi connectivity index (χ4v) is 3.49. The first kappa shape index (κ1) is 19.4. The maximum Gasteiger partial charge on any atom is 0.255 e. The van der Waals surface area contributed by atoms with Gasteiger partial charge in [0, 0.05) is 29.4 Å². The summed E-state index contributed by atoms with van der Waals surface area (Å²) in [6.07, 6.45) is 0. The monoisotopic (exact) mass is 382 g/mol. The van der Waals surface area contributed by atoms with Crippen LogP contribution < -0.4 is 10.0 Å². The minimum Gasteiger partial charge on any atom is -0.383 e. The van der Waals surface area contributed by atoms with Gasteiger partial charge in [0.05, 0.1) is 11.5 Å². The van der Waals surface area contributed by atoms with Crippen molar-refractivity contribution in [1.82, 2.24) is 4.72 Å². The van der Waals surface area contributed by atoms with Crippen molar-refractivity contribution in [3.8, 4) is 0 Å². The fourth-order valence-electron chi connectivity index (χ4n) is 2.14. The van der Waals surface area contributed by atoms with Crippen molar-refractivity contribution >= 4 is 33.2 Å². The van der Waals surface area contributed by atoms with Crippen molar-refractivity contribution in [3.05, 3.63) is 59.1 Å². The van der Waals surface area contributed by atoms with Crippen molar-refractivity contribution in [1.29, 1.82) is 0 Å². The first-order chi connectivity index (χ1) is 11.8. The molecule has 2 aromatic carbocycles. The number of halogens is 1. The van der Waals surface area contributed by atoms with E-state index >= 15 is 0 Å². The number of carbonyl (C=O) groups excluding carboxylic acids is 1. The lowest BCUT2D eigenvalue weighted by Gasteiger charge is -2.13. The number of hydrogen-bond acceptors (Lipinski definition) is 4. The number of anilines is 1. The molecule has 0 aliphatic carbocycles. The van der Waals surface area contributed by atoms with E-state index in [4.69, 9.17) is 16.3 Å². The molecule has 2 N–H and O–H groups in total. The highest BCUT2D eigenvalue weighted by Crippen LogP contribution is 2.16. The van der Waals surface area contributed by atoms with Crippen LogP contribution >= 0.6 is 11.6 Å². The molecule has 0 fully saturated rings. The number of sulfonamides is 1. The molecular formula is C17H19ClN2O4S. The number of rotatable bonds is 7. The van der Waals surface area contributed by atoms with Gasteiger partial charge in [-0.3, -0.25) is 4.79 Å². The third kappa shape index (κ3) is 5.54. The number of hydrogen-bond donors (Lipinski definition) is 2. The van der Waals surface area contributed by atoms with Gasteiger partial charge in [-0.05, 0) is 55.5 Å². The first-order valence-corrected chi connectivity index (χ1v) is 9.36. The van der Waals surface area contributed by atoms with E-state index in [0.29, 0.717) is 16.3 Å². The molecule has 25 heavy (non-hydrogen) atoms. The Bertz CT molecular complexity index is 821. The molecule has 0 aliphatic heterocycles. The van der Waals surface area contributed by atoms with Crippen LogP contribution in [-0.2, 0) is 14.8 Å². The lowest BCUT2D eigenvalue weighted by molar-refractivity contribution is 0.102. The molecule has 2 aromatic rings. The minimum atomic E-state index is -3.64. The Balaban J connectivity index is 2.06. The smallest absolute Gasteiger partial charge is 0.255 e. The highest BCUT2D eigenvalue weighted by Gasteiger charge is 2.17. The molecule has 2 rings (SSSR count). The number of nitrogens with one attached hydrogen (secondary N) is 2. The Labute approximate surface area is 152 Å². The summed E-state index contributed by atoms with van der Waals surface area (Å²) in [7, 11) is -2.14. The lowest BCUT2D eigenvalue weighted by atomic mass is 10.2. The molecule has 1 amide bonds. The molecule has 1 unspecified atom stereocenters. The number of carbonyl (C=O) groups is 1. The van der Waals surface area contributed by atoms with E-state index in [9.17, 15) is 13.2 Å². The van der Waals surface area contributed by atoms with E-state index in [1.54, 1.807) is 31.2 Å². The number of benzene rings is 2. The first-order valence-electron chi connectivity index (χ1n) is 7.50. The van der Waals surface area contributed by atoms with E-state index in [-0.39, 0.29) is 23.5 Å². The summed E-state index contributed by atoms with van der Waals surface area (Å²) in [4.78, 5) is 12.2. The van der Waals surface area contributed by atoms with Crippen LogP contribution in [0.5, 0.6) is 0 Å². The summed E-state index contributed by atoms with van der Waals surface area (Å²) >= 11 is 5.79. The van der Waals surface area contributed by atoms with Gasteiger partial charge in [0.2, 0.25) is 10.0 Å². The third-order valence-electron chi connectivity index (χ3n) is 3.30. The van der Waals surface area contributed by atoms with Gasteiger partial charge in [-0.15, -0.1) is 0 Å². The highest BCUT2D eigenvalue weighted by molar-refractivity contribution is 7.89. The lowest BCUT2D eigenvalue weighted by Crippen LogP contribution is -2.35.